The van der Waals surface area contributed by atoms with Gasteiger partial charge in [0.2, 0.25) is 11.0 Å². The highest BCUT2D eigenvalue weighted by Gasteiger charge is 2.26. The Morgan fingerprint density at radius 1 is 1.33 bits per heavy atom. The van der Waals surface area contributed by atoms with Crippen molar-refractivity contribution < 1.29 is 8.42 Å². The van der Waals surface area contributed by atoms with E-state index in [2.05, 4.69) is 25.0 Å². The summed E-state index contributed by atoms with van der Waals surface area (Å²) in [5.41, 5.74) is 0. The smallest absolute Gasteiger partial charge is 0.284 e. The molecule has 0 spiro atoms. The van der Waals surface area contributed by atoms with Crippen LogP contribution in [-0.4, -0.2) is 34.3 Å². The van der Waals surface area contributed by atoms with Crippen molar-refractivity contribution in [3.8, 4) is 0 Å². The second kappa shape index (κ2) is 5.30. The Morgan fingerprint density at radius 2 is 2.10 bits per heavy atom. The number of aromatic nitrogens is 4. The van der Waals surface area contributed by atoms with Crippen molar-refractivity contribution in [3.63, 3.8) is 0 Å². The summed E-state index contributed by atoms with van der Waals surface area (Å²) in [6.45, 7) is 2.44. The third-order valence-corrected chi connectivity index (χ3v) is 4.72. The van der Waals surface area contributed by atoms with Crippen molar-refractivity contribution >= 4 is 38.1 Å². The molecule has 0 aliphatic rings. The maximum absolute atomic E-state index is 12.6. The highest BCUT2D eigenvalue weighted by molar-refractivity contribution is 7.92. The standard InChI is InChI=1S/C11H12N6O2S2/c1-2-12-8-9(17-6-7-20-11(17)15-8)21(18,19)16-10-13-4-3-5-14-10/h3-7,12H,2H2,1H3,(H,13,14,16). The minimum Gasteiger partial charge on any atom is -0.368 e. The Kier molecular flexibility index (Phi) is 3.47. The maximum atomic E-state index is 12.6. The van der Waals surface area contributed by atoms with Crippen LogP contribution in [0.3, 0.4) is 0 Å². The van der Waals surface area contributed by atoms with Crippen LogP contribution >= 0.6 is 11.3 Å². The van der Waals surface area contributed by atoms with Crippen LogP contribution in [-0.2, 0) is 10.0 Å². The zero-order valence-electron chi connectivity index (χ0n) is 11.0. The first kappa shape index (κ1) is 13.8. The first-order valence-electron chi connectivity index (χ1n) is 6.11. The van der Waals surface area contributed by atoms with Crippen molar-refractivity contribution in [1.82, 2.24) is 19.4 Å². The van der Waals surface area contributed by atoms with Gasteiger partial charge in [0.25, 0.3) is 10.0 Å². The summed E-state index contributed by atoms with van der Waals surface area (Å²) in [5.74, 6) is 0.331. The summed E-state index contributed by atoms with van der Waals surface area (Å²) in [7, 11) is -3.85. The summed E-state index contributed by atoms with van der Waals surface area (Å²) in [4.78, 5) is 12.6. The van der Waals surface area contributed by atoms with Gasteiger partial charge in [-0.05, 0) is 13.0 Å². The summed E-state index contributed by atoms with van der Waals surface area (Å²) < 4.78 is 29.0. The van der Waals surface area contributed by atoms with E-state index in [1.54, 1.807) is 17.6 Å². The first-order valence-corrected chi connectivity index (χ1v) is 8.47. The molecule has 0 aliphatic carbocycles. The number of hydrogen-bond donors (Lipinski definition) is 2. The van der Waals surface area contributed by atoms with E-state index in [1.807, 2.05) is 6.92 Å². The lowest BCUT2D eigenvalue weighted by Crippen LogP contribution is -2.18. The number of sulfonamides is 1. The third-order valence-electron chi connectivity index (χ3n) is 2.61. The molecule has 0 fully saturated rings. The van der Waals surface area contributed by atoms with Crippen LogP contribution in [0.5, 0.6) is 0 Å². The summed E-state index contributed by atoms with van der Waals surface area (Å²) in [6, 6.07) is 1.61. The number of anilines is 2. The molecule has 0 saturated carbocycles. The van der Waals surface area contributed by atoms with Gasteiger partial charge in [-0.3, -0.25) is 4.40 Å². The largest absolute Gasteiger partial charge is 0.368 e. The van der Waals surface area contributed by atoms with Gasteiger partial charge < -0.3 is 5.32 Å². The van der Waals surface area contributed by atoms with Crippen molar-refractivity contribution in [1.29, 1.82) is 0 Å². The molecule has 8 nitrogen and oxygen atoms in total. The molecule has 0 saturated heterocycles. The molecule has 3 aromatic rings. The van der Waals surface area contributed by atoms with Crippen LogP contribution in [0.1, 0.15) is 6.92 Å². The average Bonchev–Trinajstić information content (AvgIpc) is 2.99. The topological polar surface area (TPSA) is 101 Å². The quantitative estimate of drug-likeness (QED) is 0.736. The first-order chi connectivity index (χ1) is 10.1. The predicted molar refractivity (Wildman–Crippen MR) is 80.1 cm³/mol. The van der Waals surface area contributed by atoms with Crippen LogP contribution < -0.4 is 10.0 Å². The van der Waals surface area contributed by atoms with E-state index in [0.717, 1.165) is 0 Å². The molecule has 0 aromatic carbocycles. The summed E-state index contributed by atoms with van der Waals surface area (Å²) in [6.07, 6.45) is 4.59. The van der Waals surface area contributed by atoms with Gasteiger partial charge in [-0.2, -0.15) is 8.42 Å². The molecular weight excluding hydrogens is 312 g/mol. The number of hydrogen-bond acceptors (Lipinski definition) is 7. The molecule has 0 radical (unpaired) electrons. The number of imidazole rings is 1. The highest BCUT2D eigenvalue weighted by atomic mass is 32.2. The van der Waals surface area contributed by atoms with Crippen molar-refractivity contribution in [2.75, 3.05) is 16.6 Å². The van der Waals surface area contributed by atoms with E-state index in [0.29, 0.717) is 17.3 Å². The zero-order chi connectivity index (χ0) is 14.9. The number of nitrogens with zero attached hydrogens (tertiary/aromatic N) is 4. The Morgan fingerprint density at radius 3 is 2.81 bits per heavy atom. The minimum atomic E-state index is -3.85. The van der Waals surface area contributed by atoms with Gasteiger partial charge in [0, 0.05) is 30.5 Å². The Balaban J connectivity index is 2.09. The van der Waals surface area contributed by atoms with Gasteiger partial charge in [-0.15, -0.1) is 11.3 Å². The molecule has 0 atom stereocenters. The van der Waals surface area contributed by atoms with Crippen molar-refractivity contribution in [3.05, 3.63) is 30.0 Å². The SMILES string of the molecule is CCNc1nc2sccn2c1S(=O)(=O)Nc1ncccn1. The van der Waals surface area contributed by atoms with E-state index in [1.165, 1.54) is 28.1 Å². The Labute approximate surface area is 124 Å². The number of fused-ring (bicyclic) bond motifs is 1. The number of nitrogens with one attached hydrogen (secondary N) is 2. The lowest BCUT2D eigenvalue weighted by atomic mass is 10.6. The molecule has 2 N–H and O–H groups in total. The van der Waals surface area contributed by atoms with Crippen molar-refractivity contribution in [2.24, 2.45) is 0 Å². The van der Waals surface area contributed by atoms with Crippen LogP contribution in [0.25, 0.3) is 4.96 Å². The van der Waals surface area contributed by atoms with Gasteiger partial charge in [0.15, 0.2) is 10.8 Å². The average molecular weight is 324 g/mol. The normalized spacial score (nSPS) is 11.7. The Bertz CT molecular complexity index is 855. The van der Waals surface area contributed by atoms with Gasteiger partial charge in [0.1, 0.15) is 0 Å². The number of rotatable bonds is 5. The lowest BCUT2D eigenvalue weighted by Gasteiger charge is -2.07. The van der Waals surface area contributed by atoms with Crippen LogP contribution in [0.2, 0.25) is 0 Å². The van der Waals surface area contributed by atoms with E-state index < -0.39 is 10.0 Å². The zero-order valence-corrected chi connectivity index (χ0v) is 12.6. The summed E-state index contributed by atoms with van der Waals surface area (Å²) >= 11 is 1.36. The van der Waals surface area contributed by atoms with Crippen LogP contribution in [0.15, 0.2) is 35.1 Å². The molecule has 10 heteroatoms. The lowest BCUT2D eigenvalue weighted by molar-refractivity contribution is 0.596. The fourth-order valence-corrected chi connectivity index (χ4v) is 3.82. The molecule has 3 aromatic heterocycles. The van der Waals surface area contributed by atoms with Crippen molar-refractivity contribution in [2.45, 2.75) is 11.9 Å². The fourth-order valence-electron chi connectivity index (χ4n) is 1.82. The van der Waals surface area contributed by atoms with E-state index in [9.17, 15) is 8.42 Å². The second-order valence-corrected chi connectivity index (χ2v) is 6.50. The number of thiazole rings is 1. The van der Waals surface area contributed by atoms with E-state index in [-0.39, 0.29) is 11.0 Å². The highest BCUT2D eigenvalue weighted by Crippen LogP contribution is 2.26. The van der Waals surface area contributed by atoms with Gasteiger partial charge in [-0.25, -0.2) is 19.7 Å². The van der Waals surface area contributed by atoms with Gasteiger partial charge in [0.05, 0.1) is 0 Å². The van der Waals surface area contributed by atoms with Crippen LogP contribution in [0.4, 0.5) is 11.8 Å². The predicted octanol–water partition coefficient (Wildman–Crippen LogP) is 1.42. The van der Waals surface area contributed by atoms with Gasteiger partial charge >= 0.3 is 0 Å². The minimum absolute atomic E-state index is 0.0186. The third kappa shape index (κ3) is 2.54. The molecule has 21 heavy (non-hydrogen) atoms. The van der Waals surface area contributed by atoms with E-state index >= 15 is 0 Å². The molecule has 110 valence electrons. The Hall–Kier alpha value is -2.20. The van der Waals surface area contributed by atoms with E-state index in [4.69, 9.17) is 0 Å². The van der Waals surface area contributed by atoms with Gasteiger partial charge in [-0.1, -0.05) is 0 Å². The fraction of sp³-hybridized carbons (Fsp3) is 0.182. The molecular formula is C11H12N6O2S2. The molecule has 0 amide bonds. The maximum Gasteiger partial charge on any atom is 0.284 e. The van der Waals surface area contributed by atoms with Crippen LogP contribution in [0, 0.1) is 0 Å². The molecule has 0 unspecified atom stereocenters. The molecule has 0 aliphatic heterocycles. The molecule has 3 rings (SSSR count). The summed E-state index contributed by atoms with van der Waals surface area (Å²) in [5, 5.41) is 4.78. The monoisotopic (exact) mass is 324 g/mol. The molecule has 3 heterocycles. The second-order valence-electron chi connectivity index (χ2n) is 4.03. The molecule has 0 bridgehead atoms.